The van der Waals surface area contributed by atoms with E-state index in [2.05, 4.69) is 36.4 Å². The molecule has 0 amide bonds. The van der Waals surface area contributed by atoms with Crippen LogP contribution in [0.15, 0.2) is 94.5 Å². The zero-order chi connectivity index (χ0) is 27.9. The molecule has 0 saturated carbocycles. The Hall–Kier alpha value is -5.66. The second kappa shape index (κ2) is 6.53. The summed E-state index contributed by atoms with van der Waals surface area (Å²) in [6.45, 7) is 0. The Kier molecular flexibility index (Phi) is 3.21. The molecule has 0 aliphatic heterocycles. The molecule has 0 atom stereocenters. The van der Waals surface area contributed by atoms with Crippen molar-refractivity contribution in [2.24, 2.45) is 0 Å². The highest BCUT2D eigenvalue weighted by Crippen LogP contribution is 2.52. The maximum atomic E-state index is 14.2. The van der Waals surface area contributed by atoms with Crippen LogP contribution in [0.25, 0.3) is 107 Å². The summed E-state index contributed by atoms with van der Waals surface area (Å²) in [4.78, 5) is 38.3. The van der Waals surface area contributed by atoms with Crippen LogP contribution < -0.4 is 11.1 Å². The molecule has 0 N–H and O–H groups in total. The van der Waals surface area contributed by atoms with Gasteiger partial charge >= 0.3 is 0 Å². The van der Waals surface area contributed by atoms with E-state index in [-0.39, 0.29) is 11.1 Å². The summed E-state index contributed by atoms with van der Waals surface area (Å²) in [5.41, 5.74) is 4.54. The van der Waals surface area contributed by atoms with Gasteiger partial charge in [-0.25, -0.2) is 9.97 Å². The molecule has 0 bridgehead atoms. The first-order valence-corrected chi connectivity index (χ1v) is 15.0. The Labute approximate surface area is 242 Å². The van der Waals surface area contributed by atoms with E-state index in [0.717, 1.165) is 85.3 Å². The maximum absolute atomic E-state index is 14.2. The van der Waals surface area contributed by atoms with Gasteiger partial charge in [0.05, 0.1) is 32.8 Å². The fourth-order valence-electron chi connectivity index (χ4n) is 8.08. The lowest BCUT2D eigenvalue weighted by atomic mass is 9.86. The minimum Gasteiger partial charge on any atom is -0.268 e. The molecule has 0 fully saturated rings. The molecule has 0 radical (unpaired) electrons. The van der Waals surface area contributed by atoms with Gasteiger partial charge in [-0.1, -0.05) is 36.4 Å². The highest BCUT2D eigenvalue weighted by atomic mass is 32.1. The molecule has 12 rings (SSSR count). The second-order valence-corrected chi connectivity index (χ2v) is 12.7. The van der Waals surface area contributed by atoms with E-state index >= 15 is 0 Å². The SMILES string of the molecule is O=c1c2cc3sc4cc5c(=O)n6c7ccccc7nc6c6ccc7c8ccc(c2c8c3c4c7c56)c2nc3ccccc3n12. The molecule has 43 heavy (non-hydrogen) atoms. The molecule has 0 spiro atoms. The lowest BCUT2D eigenvalue weighted by molar-refractivity contribution is 1.19. The summed E-state index contributed by atoms with van der Waals surface area (Å²) in [7, 11) is 0. The number of benzene rings is 7. The van der Waals surface area contributed by atoms with Gasteiger partial charge in [-0.3, -0.25) is 18.4 Å². The zero-order valence-electron chi connectivity index (χ0n) is 22.1. The average Bonchev–Trinajstić information content (AvgIpc) is 3.73. The van der Waals surface area contributed by atoms with E-state index in [1.807, 2.05) is 48.5 Å². The van der Waals surface area contributed by atoms with Crippen molar-refractivity contribution in [2.75, 3.05) is 0 Å². The number of hydrogen-bond acceptors (Lipinski definition) is 5. The number of fused-ring (bicyclic) bond motifs is 9. The van der Waals surface area contributed by atoms with Crippen LogP contribution in [0.1, 0.15) is 0 Å². The maximum Gasteiger partial charge on any atom is 0.264 e. The number of rotatable bonds is 0. The van der Waals surface area contributed by atoms with Crippen LogP contribution in [0.2, 0.25) is 0 Å². The van der Waals surface area contributed by atoms with E-state index in [4.69, 9.17) is 9.97 Å². The number of aromatic nitrogens is 4. The van der Waals surface area contributed by atoms with Crippen molar-refractivity contribution in [3.63, 3.8) is 0 Å². The van der Waals surface area contributed by atoms with Crippen LogP contribution >= 0.6 is 11.3 Å². The van der Waals surface area contributed by atoms with Crippen molar-refractivity contribution in [1.82, 2.24) is 18.8 Å². The van der Waals surface area contributed by atoms with Crippen molar-refractivity contribution in [2.45, 2.75) is 0 Å². The van der Waals surface area contributed by atoms with E-state index in [9.17, 15) is 9.59 Å². The largest absolute Gasteiger partial charge is 0.268 e. The molecular weight excluding hydrogens is 552 g/mol. The van der Waals surface area contributed by atoms with Gasteiger partial charge in [0.15, 0.2) is 0 Å². The van der Waals surface area contributed by atoms with E-state index in [1.165, 1.54) is 0 Å². The lowest BCUT2D eigenvalue weighted by Gasteiger charge is -2.17. The summed E-state index contributed by atoms with van der Waals surface area (Å²) in [5, 5.41) is 12.0. The number of hydrogen-bond donors (Lipinski definition) is 0. The number of nitrogens with zero attached hydrogens (tertiary/aromatic N) is 4. The molecule has 6 nitrogen and oxygen atoms in total. The fraction of sp³-hybridized carbons (Fsp3) is 0. The van der Waals surface area contributed by atoms with Gasteiger partial charge in [-0.15, -0.1) is 11.3 Å². The Morgan fingerprint density at radius 3 is 1.40 bits per heavy atom. The summed E-state index contributed by atoms with van der Waals surface area (Å²) < 4.78 is 5.64. The van der Waals surface area contributed by atoms with Gasteiger partial charge in [0.25, 0.3) is 11.1 Å². The topological polar surface area (TPSA) is 68.7 Å². The van der Waals surface area contributed by atoms with E-state index in [0.29, 0.717) is 22.1 Å². The van der Waals surface area contributed by atoms with Crippen molar-refractivity contribution in [1.29, 1.82) is 0 Å². The normalized spacial score (nSPS) is 13.3. The predicted octanol–water partition coefficient (Wildman–Crippen LogP) is 7.89. The van der Waals surface area contributed by atoms with Crippen molar-refractivity contribution in [3.05, 3.63) is 106 Å². The fourth-order valence-corrected chi connectivity index (χ4v) is 9.28. The Balaban J connectivity index is 1.40. The minimum atomic E-state index is -0.0508. The molecular formula is C36H14N4O2S. The first-order valence-electron chi connectivity index (χ1n) is 14.2. The molecule has 196 valence electrons. The van der Waals surface area contributed by atoms with Crippen molar-refractivity contribution < 1.29 is 0 Å². The van der Waals surface area contributed by atoms with Crippen LogP contribution in [0.4, 0.5) is 0 Å². The zero-order valence-corrected chi connectivity index (χ0v) is 22.9. The van der Waals surface area contributed by atoms with Gasteiger partial charge in [-0.05, 0) is 59.3 Å². The predicted molar refractivity (Wildman–Crippen MR) is 177 cm³/mol. The molecule has 7 aromatic carbocycles. The van der Waals surface area contributed by atoms with Crippen LogP contribution in [-0.4, -0.2) is 18.8 Å². The third-order valence-electron chi connectivity index (χ3n) is 9.72. The van der Waals surface area contributed by atoms with Crippen LogP contribution in [-0.2, 0) is 0 Å². The molecule has 0 aliphatic carbocycles. The molecule has 5 aromatic heterocycles. The number of imidazole rings is 2. The van der Waals surface area contributed by atoms with Gasteiger partial charge < -0.3 is 0 Å². The molecule has 0 saturated heterocycles. The Morgan fingerprint density at radius 2 is 0.907 bits per heavy atom. The molecule has 7 heteroatoms. The van der Waals surface area contributed by atoms with Gasteiger partial charge in [0, 0.05) is 52.5 Å². The molecule has 0 aliphatic rings. The highest BCUT2D eigenvalue weighted by Gasteiger charge is 2.27. The third kappa shape index (κ3) is 2.12. The monoisotopic (exact) mass is 566 g/mol. The molecule has 12 aromatic rings. The van der Waals surface area contributed by atoms with Gasteiger partial charge in [0.1, 0.15) is 11.3 Å². The summed E-state index contributed by atoms with van der Waals surface area (Å²) in [5.74, 6) is 0. The van der Waals surface area contributed by atoms with Crippen molar-refractivity contribution >= 4 is 119 Å². The number of thiophene rings is 1. The Bertz CT molecular complexity index is 3110. The summed E-state index contributed by atoms with van der Waals surface area (Å²) in [6, 6.07) is 28.4. The molecule has 5 heterocycles. The number of pyridine rings is 2. The molecule has 0 unspecified atom stereocenters. The number of para-hydroxylation sites is 4. The third-order valence-corrected chi connectivity index (χ3v) is 10.8. The van der Waals surface area contributed by atoms with Gasteiger partial charge in [0.2, 0.25) is 0 Å². The van der Waals surface area contributed by atoms with Crippen molar-refractivity contribution in [3.8, 4) is 0 Å². The van der Waals surface area contributed by atoms with Crippen LogP contribution in [0.3, 0.4) is 0 Å². The second-order valence-electron chi connectivity index (χ2n) is 11.6. The first-order chi connectivity index (χ1) is 21.2. The van der Waals surface area contributed by atoms with Crippen LogP contribution in [0, 0.1) is 0 Å². The van der Waals surface area contributed by atoms with E-state index < -0.39 is 0 Å². The average molecular weight is 567 g/mol. The van der Waals surface area contributed by atoms with Crippen LogP contribution in [0.5, 0.6) is 0 Å². The quantitative estimate of drug-likeness (QED) is 0.138. The Morgan fingerprint density at radius 1 is 0.465 bits per heavy atom. The summed E-state index contributed by atoms with van der Waals surface area (Å²) in [6.07, 6.45) is 0. The summed E-state index contributed by atoms with van der Waals surface area (Å²) >= 11 is 1.66. The first kappa shape index (κ1) is 21.1. The standard InChI is InChI=1S/C36H14N4O2S/c41-35-19-13-25-31-29-15(9-11-17(27(19)29)33-37-21-5-1-3-7-23(21)39(33)35)16-10-12-18-28-20(14-26(43-25)32(31)30(16)28)36(42)40-24-8-4-2-6-22(24)38-34(18)40/h1-14H. The minimum absolute atomic E-state index is 0.0508. The van der Waals surface area contributed by atoms with Gasteiger partial charge in [-0.2, -0.15) is 0 Å². The highest BCUT2D eigenvalue weighted by molar-refractivity contribution is 7.26. The van der Waals surface area contributed by atoms with E-state index in [1.54, 1.807) is 20.1 Å². The smallest absolute Gasteiger partial charge is 0.264 e. The lowest BCUT2D eigenvalue weighted by Crippen LogP contribution is -2.14.